The normalized spacial score (nSPS) is 10.7. The summed E-state index contributed by atoms with van der Waals surface area (Å²) >= 11 is 1.77. The van der Waals surface area contributed by atoms with Gasteiger partial charge in [-0.15, -0.1) is 11.8 Å². The zero-order valence-corrected chi connectivity index (χ0v) is 17.4. The zero-order chi connectivity index (χ0) is 20.6. The van der Waals surface area contributed by atoms with Crippen molar-refractivity contribution in [2.45, 2.75) is 17.1 Å². The van der Waals surface area contributed by atoms with Gasteiger partial charge in [-0.25, -0.2) is 4.68 Å². The standard InChI is InChI=1S/C25H23N3OS/c29-25(21-11-13-24(14-12-21)30-19-20-7-3-1-4-8-20)26-17-15-22-16-18-28(27-22)23-9-5-2-6-10-23/h1-14,16,18H,15,17,19H2,(H,26,29). The van der Waals surface area contributed by atoms with Gasteiger partial charge in [0.05, 0.1) is 11.4 Å². The third-order valence-corrected chi connectivity index (χ3v) is 5.78. The number of hydrogen-bond donors (Lipinski definition) is 1. The van der Waals surface area contributed by atoms with Crippen LogP contribution >= 0.6 is 11.8 Å². The van der Waals surface area contributed by atoms with Gasteiger partial charge in [-0.2, -0.15) is 5.10 Å². The summed E-state index contributed by atoms with van der Waals surface area (Å²) in [6, 6.07) is 30.1. The molecule has 4 aromatic rings. The van der Waals surface area contributed by atoms with Crippen LogP contribution in [0.15, 0.2) is 102 Å². The SMILES string of the molecule is O=C(NCCc1ccn(-c2ccccc2)n1)c1ccc(SCc2ccccc2)cc1. The quantitative estimate of drug-likeness (QED) is 0.407. The Labute approximate surface area is 181 Å². The second kappa shape index (κ2) is 9.94. The Bertz CT molecular complexity index is 1080. The van der Waals surface area contributed by atoms with E-state index < -0.39 is 0 Å². The minimum atomic E-state index is -0.0582. The van der Waals surface area contributed by atoms with Crippen LogP contribution in [0.2, 0.25) is 0 Å². The Morgan fingerprint density at radius 3 is 2.30 bits per heavy atom. The van der Waals surface area contributed by atoms with Crippen LogP contribution in [0.5, 0.6) is 0 Å². The first-order valence-corrected chi connectivity index (χ1v) is 10.9. The molecule has 1 aromatic heterocycles. The smallest absolute Gasteiger partial charge is 0.251 e. The number of hydrogen-bond acceptors (Lipinski definition) is 3. The number of nitrogens with one attached hydrogen (secondary N) is 1. The Hall–Kier alpha value is -3.31. The van der Waals surface area contributed by atoms with Crippen LogP contribution in [0.4, 0.5) is 0 Å². The van der Waals surface area contributed by atoms with Gasteiger partial charge >= 0.3 is 0 Å². The predicted molar refractivity (Wildman–Crippen MR) is 122 cm³/mol. The maximum Gasteiger partial charge on any atom is 0.251 e. The lowest BCUT2D eigenvalue weighted by atomic mass is 10.2. The van der Waals surface area contributed by atoms with Crippen molar-refractivity contribution in [1.82, 2.24) is 15.1 Å². The number of rotatable bonds is 8. The third kappa shape index (κ3) is 5.39. The molecule has 1 N–H and O–H groups in total. The highest BCUT2D eigenvalue weighted by atomic mass is 32.2. The number of benzene rings is 3. The minimum absolute atomic E-state index is 0.0582. The zero-order valence-electron chi connectivity index (χ0n) is 16.6. The van der Waals surface area contributed by atoms with Gasteiger partial charge in [0.2, 0.25) is 0 Å². The molecule has 0 saturated heterocycles. The molecule has 0 unspecified atom stereocenters. The van der Waals surface area contributed by atoms with Gasteiger partial charge in [-0.3, -0.25) is 4.79 Å². The number of carbonyl (C=O) groups is 1. The van der Waals surface area contributed by atoms with Crippen molar-refractivity contribution >= 4 is 17.7 Å². The van der Waals surface area contributed by atoms with Crippen molar-refractivity contribution in [3.8, 4) is 5.69 Å². The number of carbonyl (C=O) groups excluding carboxylic acids is 1. The molecule has 0 radical (unpaired) electrons. The highest BCUT2D eigenvalue weighted by molar-refractivity contribution is 7.98. The molecular weight excluding hydrogens is 390 g/mol. The molecule has 0 saturated carbocycles. The molecule has 4 rings (SSSR count). The summed E-state index contributed by atoms with van der Waals surface area (Å²) in [6.45, 7) is 0.551. The van der Waals surface area contributed by atoms with Crippen LogP contribution < -0.4 is 5.32 Å². The maximum absolute atomic E-state index is 12.4. The molecular formula is C25H23N3OS. The van der Waals surface area contributed by atoms with Crippen LogP contribution in [0.25, 0.3) is 5.69 Å². The van der Waals surface area contributed by atoms with Crippen LogP contribution in [0.1, 0.15) is 21.6 Å². The van der Waals surface area contributed by atoms with Crippen molar-refractivity contribution in [3.05, 3.63) is 114 Å². The molecule has 0 aliphatic carbocycles. The molecule has 0 spiro atoms. The average molecular weight is 414 g/mol. The lowest BCUT2D eigenvalue weighted by molar-refractivity contribution is 0.0954. The molecule has 0 aliphatic heterocycles. The van der Waals surface area contributed by atoms with Gasteiger partial charge in [-0.1, -0.05) is 48.5 Å². The topological polar surface area (TPSA) is 46.9 Å². The molecule has 0 bridgehead atoms. The van der Waals surface area contributed by atoms with Crippen molar-refractivity contribution in [2.75, 3.05) is 6.54 Å². The Kier molecular flexibility index (Phi) is 6.62. The first kappa shape index (κ1) is 20.0. The Balaban J connectivity index is 1.25. The Morgan fingerprint density at radius 1 is 0.867 bits per heavy atom. The van der Waals surface area contributed by atoms with Crippen molar-refractivity contribution in [2.24, 2.45) is 0 Å². The number of thioether (sulfide) groups is 1. The minimum Gasteiger partial charge on any atom is -0.352 e. The summed E-state index contributed by atoms with van der Waals surface area (Å²) in [5.74, 6) is 0.860. The van der Waals surface area contributed by atoms with E-state index >= 15 is 0 Å². The van der Waals surface area contributed by atoms with Gasteiger partial charge in [0.15, 0.2) is 0 Å². The number of para-hydroxylation sites is 1. The fourth-order valence-corrected chi connectivity index (χ4v) is 3.92. The summed E-state index contributed by atoms with van der Waals surface area (Å²) in [5.41, 5.74) is 3.94. The van der Waals surface area contributed by atoms with Crippen LogP contribution in [-0.2, 0) is 12.2 Å². The summed E-state index contributed by atoms with van der Waals surface area (Å²) < 4.78 is 1.85. The number of aromatic nitrogens is 2. The van der Waals surface area contributed by atoms with E-state index in [0.29, 0.717) is 18.5 Å². The molecule has 5 heteroatoms. The lowest BCUT2D eigenvalue weighted by Crippen LogP contribution is -2.25. The average Bonchev–Trinajstić information content (AvgIpc) is 3.28. The van der Waals surface area contributed by atoms with Crippen molar-refractivity contribution in [3.63, 3.8) is 0 Å². The van der Waals surface area contributed by atoms with Gasteiger partial charge in [0.25, 0.3) is 5.91 Å². The van der Waals surface area contributed by atoms with E-state index in [1.807, 2.05) is 77.6 Å². The Morgan fingerprint density at radius 2 is 1.57 bits per heavy atom. The van der Waals surface area contributed by atoms with Gasteiger partial charge in [0, 0.05) is 35.4 Å². The van der Waals surface area contributed by atoms with E-state index in [9.17, 15) is 4.79 Å². The summed E-state index contributed by atoms with van der Waals surface area (Å²) in [7, 11) is 0. The van der Waals surface area contributed by atoms with Crippen LogP contribution in [0.3, 0.4) is 0 Å². The molecule has 150 valence electrons. The van der Waals surface area contributed by atoms with Crippen molar-refractivity contribution < 1.29 is 4.79 Å². The van der Waals surface area contributed by atoms with Crippen LogP contribution in [-0.4, -0.2) is 22.2 Å². The summed E-state index contributed by atoms with van der Waals surface area (Å²) in [5, 5.41) is 7.55. The molecule has 1 heterocycles. The second-order valence-electron chi connectivity index (χ2n) is 6.89. The van der Waals surface area contributed by atoms with E-state index in [1.165, 1.54) is 5.56 Å². The van der Waals surface area contributed by atoms with E-state index in [4.69, 9.17) is 0 Å². The first-order valence-electron chi connectivity index (χ1n) is 9.93. The lowest BCUT2D eigenvalue weighted by Gasteiger charge is -2.06. The van der Waals surface area contributed by atoms with Crippen molar-refractivity contribution in [1.29, 1.82) is 0 Å². The van der Waals surface area contributed by atoms with Crippen LogP contribution in [0, 0.1) is 0 Å². The molecule has 3 aromatic carbocycles. The molecule has 0 fully saturated rings. The summed E-state index contributed by atoms with van der Waals surface area (Å²) in [6.07, 6.45) is 2.63. The van der Waals surface area contributed by atoms with Gasteiger partial charge in [0.1, 0.15) is 0 Å². The maximum atomic E-state index is 12.4. The van der Waals surface area contributed by atoms with E-state index in [2.05, 4.69) is 34.7 Å². The highest BCUT2D eigenvalue weighted by Crippen LogP contribution is 2.23. The fourth-order valence-electron chi connectivity index (χ4n) is 3.07. The first-order chi connectivity index (χ1) is 14.8. The van der Waals surface area contributed by atoms with E-state index in [1.54, 1.807) is 11.8 Å². The predicted octanol–water partition coefficient (Wildman–Crippen LogP) is 5.14. The van der Waals surface area contributed by atoms with E-state index in [0.717, 1.165) is 22.0 Å². The molecule has 30 heavy (non-hydrogen) atoms. The molecule has 1 amide bonds. The fraction of sp³-hybridized carbons (Fsp3) is 0.120. The molecule has 0 atom stereocenters. The monoisotopic (exact) mass is 413 g/mol. The largest absolute Gasteiger partial charge is 0.352 e. The molecule has 4 nitrogen and oxygen atoms in total. The van der Waals surface area contributed by atoms with Gasteiger partial charge < -0.3 is 5.32 Å². The van der Waals surface area contributed by atoms with E-state index in [-0.39, 0.29) is 5.91 Å². The highest BCUT2D eigenvalue weighted by Gasteiger charge is 2.07. The summed E-state index contributed by atoms with van der Waals surface area (Å²) in [4.78, 5) is 13.6. The number of nitrogens with zero attached hydrogens (tertiary/aromatic N) is 2. The second-order valence-corrected chi connectivity index (χ2v) is 7.94. The molecule has 0 aliphatic rings. The third-order valence-electron chi connectivity index (χ3n) is 4.70. The number of amides is 1. The van der Waals surface area contributed by atoms with Gasteiger partial charge in [-0.05, 0) is 48.0 Å².